The highest BCUT2D eigenvalue weighted by atomic mass is 16.6. The lowest BCUT2D eigenvalue weighted by molar-refractivity contribution is 0.0545. The van der Waals surface area contributed by atoms with Gasteiger partial charge in [-0.3, -0.25) is 0 Å². The number of carbonyl (C=O) groups excluding carboxylic acids is 1. The predicted octanol–water partition coefficient (Wildman–Crippen LogP) is 3.11. The summed E-state index contributed by atoms with van der Waals surface area (Å²) in [5, 5.41) is 3.77. The first-order chi connectivity index (χ1) is 10.8. The molecule has 0 saturated carbocycles. The van der Waals surface area contributed by atoms with Gasteiger partial charge in [0.2, 0.25) is 0 Å². The number of aromatic nitrogens is 2. The monoisotopic (exact) mass is 294 g/mol. The molecule has 22 heavy (non-hydrogen) atoms. The van der Waals surface area contributed by atoms with Crippen LogP contribution in [0.1, 0.15) is 22.1 Å². The van der Waals surface area contributed by atoms with Gasteiger partial charge in [-0.25, -0.2) is 4.79 Å². The molecule has 3 rings (SSSR count). The maximum atomic E-state index is 11.3. The van der Waals surface area contributed by atoms with Crippen molar-refractivity contribution in [2.45, 2.75) is 6.42 Å². The van der Waals surface area contributed by atoms with Crippen molar-refractivity contribution in [1.29, 1.82) is 0 Å². The van der Waals surface area contributed by atoms with Gasteiger partial charge in [-0.05, 0) is 16.7 Å². The Hall–Kier alpha value is -2.95. The van der Waals surface area contributed by atoms with E-state index in [2.05, 4.69) is 27.0 Å². The summed E-state index contributed by atoms with van der Waals surface area (Å²) in [5.74, 6) is -0.301. The van der Waals surface area contributed by atoms with Crippen molar-refractivity contribution in [3.05, 3.63) is 71.9 Å². The molecular weight excluding hydrogens is 280 g/mol. The molecule has 0 unspecified atom stereocenters. The van der Waals surface area contributed by atoms with Crippen LogP contribution in [0.25, 0.3) is 11.1 Å². The molecule has 0 aliphatic heterocycles. The molecule has 3 aromatic rings. The fourth-order valence-corrected chi connectivity index (χ4v) is 2.12. The first kappa shape index (κ1) is 14.0. The van der Waals surface area contributed by atoms with E-state index in [1.807, 2.05) is 42.5 Å². The molecule has 0 atom stereocenters. The first-order valence-electron chi connectivity index (χ1n) is 6.81. The largest absolute Gasteiger partial charge is 0.462 e. The lowest BCUT2D eigenvalue weighted by Crippen LogP contribution is -2.01. The molecule has 1 heterocycles. The zero-order chi connectivity index (χ0) is 15.4. The van der Waals surface area contributed by atoms with Crippen LogP contribution in [0.5, 0.6) is 0 Å². The zero-order valence-electron chi connectivity index (χ0n) is 12.0. The van der Waals surface area contributed by atoms with Crippen molar-refractivity contribution >= 4 is 5.97 Å². The van der Waals surface area contributed by atoms with E-state index in [4.69, 9.17) is 4.52 Å². The highest BCUT2D eigenvalue weighted by Gasteiger charge is 2.15. The molecule has 0 aliphatic carbocycles. The maximum Gasteiger partial charge on any atom is 0.397 e. The summed E-state index contributed by atoms with van der Waals surface area (Å²) in [4.78, 5) is 15.3. The molecule has 0 aliphatic rings. The molecule has 0 spiro atoms. The van der Waals surface area contributed by atoms with Crippen molar-refractivity contribution in [3.8, 4) is 11.1 Å². The Labute approximate surface area is 127 Å². The number of rotatable bonds is 4. The Morgan fingerprint density at radius 3 is 2.41 bits per heavy atom. The van der Waals surface area contributed by atoms with Gasteiger partial charge in [-0.2, -0.15) is 4.98 Å². The third-order valence-electron chi connectivity index (χ3n) is 3.25. The van der Waals surface area contributed by atoms with Crippen LogP contribution in [-0.2, 0) is 11.2 Å². The molecule has 0 bridgehead atoms. The molecule has 0 fully saturated rings. The summed E-state index contributed by atoms with van der Waals surface area (Å²) in [6.45, 7) is 0. The van der Waals surface area contributed by atoms with Crippen molar-refractivity contribution in [3.63, 3.8) is 0 Å². The fraction of sp³-hybridized carbons (Fsp3) is 0.118. The van der Waals surface area contributed by atoms with E-state index in [9.17, 15) is 4.79 Å². The van der Waals surface area contributed by atoms with E-state index >= 15 is 0 Å². The van der Waals surface area contributed by atoms with Gasteiger partial charge in [-0.15, -0.1) is 0 Å². The minimum absolute atomic E-state index is 0.126. The lowest BCUT2D eigenvalue weighted by atomic mass is 10.0. The van der Waals surface area contributed by atoms with E-state index < -0.39 is 5.97 Å². The normalized spacial score (nSPS) is 10.4. The van der Waals surface area contributed by atoms with Crippen molar-refractivity contribution in [2.75, 3.05) is 7.11 Å². The van der Waals surface area contributed by atoms with Crippen LogP contribution in [0.2, 0.25) is 0 Å². The minimum Gasteiger partial charge on any atom is -0.462 e. The van der Waals surface area contributed by atoms with Crippen molar-refractivity contribution < 1.29 is 14.1 Å². The van der Waals surface area contributed by atoms with Gasteiger partial charge in [0.05, 0.1) is 7.11 Å². The number of nitrogens with zero attached hydrogens (tertiary/aromatic N) is 2. The zero-order valence-corrected chi connectivity index (χ0v) is 12.0. The van der Waals surface area contributed by atoms with Gasteiger partial charge in [0.15, 0.2) is 5.82 Å². The summed E-state index contributed by atoms with van der Waals surface area (Å²) < 4.78 is 9.38. The highest BCUT2D eigenvalue weighted by Crippen LogP contribution is 2.20. The number of ether oxygens (including phenoxy) is 1. The second kappa shape index (κ2) is 6.22. The van der Waals surface area contributed by atoms with Crippen molar-refractivity contribution in [2.24, 2.45) is 0 Å². The van der Waals surface area contributed by atoms with E-state index in [0.29, 0.717) is 12.2 Å². The lowest BCUT2D eigenvalue weighted by Gasteiger charge is -2.02. The Bertz CT molecular complexity index is 764. The fourth-order valence-electron chi connectivity index (χ4n) is 2.12. The van der Waals surface area contributed by atoms with Crippen LogP contribution in [0, 0.1) is 0 Å². The summed E-state index contributed by atoms with van der Waals surface area (Å²) >= 11 is 0. The van der Waals surface area contributed by atoms with E-state index in [1.165, 1.54) is 12.7 Å². The van der Waals surface area contributed by atoms with Gasteiger partial charge in [-0.1, -0.05) is 59.8 Å². The molecule has 0 radical (unpaired) electrons. The van der Waals surface area contributed by atoms with Crippen LogP contribution in [0.4, 0.5) is 0 Å². The molecule has 0 amide bonds. The molecule has 1 aromatic heterocycles. The summed E-state index contributed by atoms with van der Waals surface area (Å²) in [6.07, 6.45) is 0.496. The Kier molecular flexibility index (Phi) is 3.96. The quantitative estimate of drug-likeness (QED) is 0.692. The van der Waals surface area contributed by atoms with E-state index in [1.54, 1.807) is 0 Å². The average molecular weight is 294 g/mol. The van der Waals surface area contributed by atoms with Crippen molar-refractivity contribution in [1.82, 2.24) is 10.1 Å². The van der Waals surface area contributed by atoms with E-state index in [0.717, 1.165) is 11.1 Å². The Balaban J connectivity index is 1.74. The van der Waals surface area contributed by atoms with Gasteiger partial charge in [0.25, 0.3) is 0 Å². The minimum atomic E-state index is -0.627. The number of benzene rings is 2. The Morgan fingerprint density at radius 2 is 1.73 bits per heavy atom. The summed E-state index contributed by atoms with van der Waals surface area (Å²) in [7, 11) is 1.27. The number of carbonyl (C=O) groups is 1. The average Bonchev–Trinajstić information content (AvgIpc) is 3.04. The van der Waals surface area contributed by atoms with Crippen LogP contribution >= 0.6 is 0 Å². The third-order valence-corrected chi connectivity index (χ3v) is 3.25. The Morgan fingerprint density at radius 1 is 1.05 bits per heavy atom. The smallest absolute Gasteiger partial charge is 0.397 e. The first-order valence-corrected chi connectivity index (χ1v) is 6.81. The van der Waals surface area contributed by atoms with Crippen LogP contribution in [0.15, 0.2) is 59.1 Å². The van der Waals surface area contributed by atoms with Gasteiger partial charge in [0.1, 0.15) is 0 Å². The summed E-state index contributed by atoms with van der Waals surface area (Å²) in [5.41, 5.74) is 3.35. The molecule has 2 aromatic carbocycles. The second-order valence-corrected chi connectivity index (χ2v) is 4.75. The molecular formula is C17H14N2O3. The van der Waals surface area contributed by atoms with E-state index in [-0.39, 0.29) is 5.89 Å². The molecule has 0 saturated heterocycles. The highest BCUT2D eigenvalue weighted by molar-refractivity contribution is 5.83. The second-order valence-electron chi connectivity index (χ2n) is 4.75. The number of hydrogen-bond acceptors (Lipinski definition) is 5. The molecule has 110 valence electrons. The van der Waals surface area contributed by atoms with Gasteiger partial charge >= 0.3 is 11.9 Å². The predicted molar refractivity (Wildman–Crippen MR) is 80.3 cm³/mol. The molecule has 0 N–H and O–H groups in total. The molecule has 5 heteroatoms. The van der Waals surface area contributed by atoms with Crippen LogP contribution in [-0.4, -0.2) is 23.2 Å². The van der Waals surface area contributed by atoms with Crippen LogP contribution in [0.3, 0.4) is 0 Å². The SMILES string of the molecule is COC(=O)c1nc(Cc2ccc(-c3ccccc3)cc2)no1. The third kappa shape index (κ3) is 3.03. The number of esters is 1. The topological polar surface area (TPSA) is 65.2 Å². The van der Waals surface area contributed by atoms with Crippen LogP contribution < -0.4 is 0 Å². The van der Waals surface area contributed by atoms with Gasteiger partial charge < -0.3 is 9.26 Å². The summed E-state index contributed by atoms with van der Waals surface area (Å²) in [6, 6.07) is 18.3. The number of hydrogen-bond donors (Lipinski definition) is 0. The standard InChI is InChI=1S/C17H14N2O3/c1-21-17(20)16-18-15(19-22-16)11-12-7-9-14(10-8-12)13-5-3-2-4-6-13/h2-10H,11H2,1H3. The maximum absolute atomic E-state index is 11.3. The number of methoxy groups -OCH3 is 1. The molecule has 5 nitrogen and oxygen atoms in total. The van der Waals surface area contributed by atoms with Gasteiger partial charge in [0, 0.05) is 6.42 Å².